The molecule has 2 aromatic heterocycles. The van der Waals surface area contributed by atoms with Crippen LogP contribution in [0, 0.1) is 0 Å². The van der Waals surface area contributed by atoms with Crippen molar-refractivity contribution in [1.29, 1.82) is 0 Å². The Morgan fingerprint density at radius 2 is 1.50 bits per heavy atom. The highest BCUT2D eigenvalue weighted by atomic mass is 14.8. The van der Waals surface area contributed by atoms with Gasteiger partial charge in [-0.15, -0.1) is 0 Å². The number of rotatable bonds is 4. The molecule has 0 bridgehead atoms. The van der Waals surface area contributed by atoms with Crippen molar-refractivity contribution >= 4 is 6.08 Å². The third kappa shape index (κ3) is 3.24. The number of nitrogens with zero attached hydrogens (tertiary/aromatic N) is 4. The van der Waals surface area contributed by atoms with Gasteiger partial charge in [-0.05, 0) is 18.4 Å². The normalized spacial score (nSPS) is 10.8. The van der Waals surface area contributed by atoms with Gasteiger partial charge in [0.15, 0.2) is 0 Å². The average Bonchev–Trinajstić information content (AvgIpc) is 2.37. The first-order valence-electron chi connectivity index (χ1n) is 5.10. The highest BCUT2D eigenvalue weighted by molar-refractivity contribution is 5.45. The van der Waals surface area contributed by atoms with Crippen molar-refractivity contribution in [3.8, 4) is 0 Å². The van der Waals surface area contributed by atoms with Crippen LogP contribution in [0.4, 0.5) is 0 Å². The van der Waals surface area contributed by atoms with E-state index in [-0.39, 0.29) is 0 Å². The Hall–Kier alpha value is -2.10. The lowest BCUT2D eigenvalue weighted by Crippen LogP contribution is -1.86. The molecule has 0 radical (unpaired) electrons. The highest BCUT2D eigenvalue weighted by Gasteiger charge is 1.90. The molecule has 2 rings (SSSR count). The second kappa shape index (κ2) is 5.70. The van der Waals surface area contributed by atoms with Crippen molar-refractivity contribution in [1.82, 2.24) is 19.9 Å². The standard InChI is InChI=1S/C12H12N4/c1(3-11-5-13-9-14-6-11)2-4-12-7-15-10-16-8-12/h1,3,5-10H,2,4H2/b3-1+. The van der Waals surface area contributed by atoms with Crippen LogP contribution in [-0.2, 0) is 6.42 Å². The number of aryl methyl sites for hydroxylation is 1. The lowest BCUT2D eigenvalue weighted by atomic mass is 10.2. The van der Waals surface area contributed by atoms with E-state index in [9.17, 15) is 0 Å². The Kier molecular flexibility index (Phi) is 3.71. The molecule has 0 atom stereocenters. The Balaban J connectivity index is 1.83. The van der Waals surface area contributed by atoms with Crippen molar-refractivity contribution in [3.05, 3.63) is 54.6 Å². The molecular weight excluding hydrogens is 200 g/mol. The summed E-state index contributed by atoms with van der Waals surface area (Å²) >= 11 is 0. The maximum atomic E-state index is 3.97. The molecule has 2 heterocycles. The van der Waals surface area contributed by atoms with Gasteiger partial charge in [0, 0.05) is 30.4 Å². The van der Waals surface area contributed by atoms with E-state index >= 15 is 0 Å². The van der Waals surface area contributed by atoms with Gasteiger partial charge in [-0.3, -0.25) is 0 Å². The lowest BCUT2D eigenvalue weighted by Gasteiger charge is -1.95. The Morgan fingerprint density at radius 1 is 0.875 bits per heavy atom. The smallest absolute Gasteiger partial charge is 0.115 e. The van der Waals surface area contributed by atoms with Crippen LogP contribution in [0.5, 0.6) is 0 Å². The zero-order chi connectivity index (χ0) is 11.1. The molecule has 0 spiro atoms. The van der Waals surface area contributed by atoms with E-state index in [0.717, 1.165) is 24.0 Å². The summed E-state index contributed by atoms with van der Waals surface area (Å²) in [4.78, 5) is 15.8. The molecule has 0 amide bonds. The maximum absolute atomic E-state index is 3.97. The zero-order valence-electron chi connectivity index (χ0n) is 8.82. The van der Waals surface area contributed by atoms with Crippen molar-refractivity contribution in [3.63, 3.8) is 0 Å². The Labute approximate surface area is 94.1 Å². The highest BCUT2D eigenvalue weighted by Crippen LogP contribution is 2.02. The first-order valence-corrected chi connectivity index (χ1v) is 5.10. The predicted octanol–water partition coefficient (Wildman–Crippen LogP) is 1.91. The molecule has 0 unspecified atom stereocenters. The largest absolute Gasteiger partial charge is 0.245 e. The van der Waals surface area contributed by atoms with Crippen LogP contribution in [0.25, 0.3) is 6.08 Å². The summed E-state index contributed by atoms with van der Waals surface area (Å²) in [6, 6.07) is 0. The van der Waals surface area contributed by atoms with E-state index in [1.165, 1.54) is 6.33 Å². The van der Waals surface area contributed by atoms with Crippen molar-refractivity contribution in [2.45, 2.75) is 12.8 Å². The minimum atomic E-state index is 0.949. The minimum Gasteiger partial charge on any atom is -0.245 e. The first kappa shape index (κ1) is 10.4. The molecule has 80 valence electrons. The minimum absolute atomic E-state index is 0.949. The summed E-state index contributed by atoms with van der Waals surface area (Å²) in [5, 5.41) is 0. The fourth-order valence-electron chi connectivity index (χ4n) is 1.33. The van der Waals surface area contributed by atoms with Crippen molar-refractivity contribution < 1.29 is 0 Å². The molecule has 4 nitrogen and oxygen atoms in total. The van der Waals surface area contributed by atoms with E-state index in [1.54, 1.807) is 18.7 Å². The predicted molar refractivity (Wildman–Crippen MR) is 61.4 cm³/mol. The van der Waals surface area contributed by atoms with Gasteiger partial charge in [0.2, 0.25) is 0 Å². The summed E-state index contributed by atoms with van der Waals surface area (Å²) in [5.41, 5.74) is 2.17. The van der Waals surface area contributed by atoms with Crippen LogP contribution in [0.15, 0.2) is 43.5 Å². The molecule has 0 saturated heterocycles. The first-order chi connectivity index (χ1) is 7.95. The van der Waals surface area contributed by atoms with Crippen LogP contribution in [-0.4, -0.2) is 19.9 Å². The molecule has 2 aromatic rings. The zero-order valence-corrected chi connectivity index (χ0v) is 8.82. The number of hydrogen-bond acceptors (Lipinski definition) is 4. The summed E-state index contributed by atoms with van der Waals surface area (Å²) < 4.78 is 0. The number of allylic oxidation sites excluding steroid dienone is 1. The van der Waals surface area contributed by atoms with Crippen LogP contribution in [0.1, 0.15) is 17.5 Å². The van der Waals surface area contributed by atoms with E-state index < -0.39 is 0 Å². The van der Waals surface area contributed by atoms with Gasteiger partial charge in [-0.2, -0.15) is 0 Å². The van der Waals surface area contributed by atoms with Crippen LogP contribution >= 0.6 is 0 Å². The van der Waals surface area contributed by atoms with Gasteiger partial charge in [-0.25, -0.2) is 19.9 Å². The molecule has 0 N–H and O–H groups in total. The van der Waals surface area contributed by atoms with Crippen molar-refractivity contribution in [2.75, 3.05) is 0 Å². The lowest BCUT2D eigenvalue weighted by molar-refractivity contribution is 0.965. The molecule has 16 heavy (non-hydrogen) atoms. The Morgan fingerprint density at radius 3 is 2.19 bits per heavy atom. The van der Waals surface area contributed by atoms with E-state index in [2.05, 4.69) is 26.0 Å². The molecule has 0 fully saturated rings. The molecule has 0 aromatic carbocycles. The quantitative estimate of drug-likeness (QED) is 0.776. The van der Waals surface area contributed by atoms with Gasteiger partial charge in [0.1, 0.15) is 12.7 Å². The van der Waals surface area contributed by atoms with E-state index in [4.69, 9.17) is 0 Å². The van der Waals surface area contributed by atoms with Gasteiger partial charge >= 0.3 is 0 Å². The van der Waals surface area contributed by atoms with Gasteiger partial charge < -0.3 is 0 Å². The SMILES string of the molecule is C(=C\c1cncnc1)/CCc1cncnc1. The van der Waals surface area contributed by atoms with Gasteiger partial charge in [-0.1, -0.05) is 12.2 Å². The maximum Gasteiger partial charge on any atom is 0.115 e. The summed E-state index contributed by atoms with van der Waals surface area (Å²) in [5.74, 6) is 0. The second-order valence-corrected chi connectivity index (χ2v) is 3.36. The van der Waals surface area contributed by atoms with Crippen LogP contribution in [0.2, 0.25) is 0 Å². The van der Waals surface area contributed by atoms with E-state index in [1.807, 2.05) is 18.5 Å². The third-order valence-electron chi connectivity index (χ3n) is 2.10. The summed E-state index contributed by atoms with van der Waals surface area (Å²) in [6.45, 7) is 0. The van der Waals surface area contributed by atoms with Gasteiger partial charge in [0.05, 0.1) is 0 Å². The number of aromatic nitrogens is 4. The number of hydrogen-bond donors (Lipinski definition) is 0. The third-order valence-corrected chi connectivity index (χ3v) is 2.10. The second-order valence-electron chi connectivity index (χ2n) is 3.36. The fourth-order valence-corrected chi connectivity index (χ4v) is 1.33. The molecular formula is C12H12N4. The van der Waals surface area contributed by atoms with E-state index in [0.29, 0.717) is 0 Å². The van der Waals surface area contributed by atoms with Crippen LogP contribution in [0.3, 0.4) is 0 Å². The summed E-state index contributed by atoms with van der Waals surface area (Å²) in [6.07, 6.45) is 16.4. The molecule has 4 heteroatoms. The van der Waals surface area contributed by atoms with Crippen LogP contribution < -0.4 is 0 Å². The average molecular weight is 212 g/mol. The monoisotopic (exact) mass is 212 g/mol. The topological polar surface area (TPSA) is 51.6 Å². The van der Waals surface area contributed by atoms with Gasteiger partial charge in [0.25, 0.3) is 0 Å². The molecule has 0 aliphatic rings. The Bertz CT molecular complexity index is 439. The molecule has 0 aliphatic heterocycles. The van der Waals surface area contributed by atoms with Crippen molar-refractivity contribution in [2.24, 2.45) is 0 Å². The summed E-state index contributed by atoms with van der Waals surface area (Å²) in [7, 11) is 0. The molecule has 0 aliphatic carbocycles. The fraction of sp³-hybridized carbons (Fsp3) is 0.167. The molecule has 0 saturated carbocycles.